The standard InChI is InChI=1S/C10H16O2S/c1-3-12-7-6-9(11)10-5-4-8(2)13-10/h4-5,9,11H,3,6-7H2,1-2H3. The van der Waals surface area contributed by atoms with Gasteiger partial charge < -0.3 is 9.84 Å². The van der Waals surface area contributed by atoms with E-state index >= 15 is 0 Å². The highest BCUT2D eigenvalue weighted by molar-refractivity contribution is 7.11. The van der Waals surface area contributed by atoms with Gasteiger partial charge in [-0.3, -0.25) is 0 Å². The summed E-state index contributed by atoms with van der Waals surface area (Å²) in [6, 6.07) is 4.01. The molecule has 2 nitrogen and oxygen atoms in total. The van der Waals surface area contributed by atoms with Gasteiger partial charge >= 0.3 is 0 Å². The van der Waals surface area contributed by atoms with Crippen molar-refractivity contribution < 1.29 is 9.84 Å². The van der Waals surface area contributed by atoms with E-state index in [1.54, 1.807) is 11.3 Å². The molecule has 0 aliphatic rings. The van der Waals surface area contributed by atoms with Crippen molar-refractivity contribution in [3.63, 3.8) is 0 Å². The van der Waals surface area contributed by atoms with Crippen LogP contribution >= 0.6 is 11.3 Å². The molecule has 0 bridgehead atoms. The lowest BCUT2D eigenvalue weighted by Crippen LogP contribution is -2.01. The first kappa shape index (κ1) is 10.7. The van der Waals surface area contributed by atoms with Crippen molar-refractivity contribution in [1.82, 2.24) is 0 Å². The average molecular weight is 200 g/mol. The van der Waals surface area contributed by atoms with E-state index in [4.69, 9.17) is 4.74 Å². The highest BCUT2D eigenvalue weighted by Crippen LogP contribution is 2.24. The van der Waals surface area contributed by atoms with Crippen molar-refractivity contribution in [2.75, 3.05) is 13.2 Å². The van der Waals surface area contributed by atoms with Crippen LogP contribution in [0.3, 0.4) is 0 Å². The smallest absolute Gasteiger partial charge is 0.0904 e. The summed E-state index contributed by atoms with van der Waals surface area (Å²) >= 11 is 1.65. The van der Waals surface area contributed by atoms with E-state index in [1.165, 1.54) is 4.88 Å². The topological polar surface area (TPSA) is 29.5 Å². The Kier molecular flexibility index (Phi) is 4.42. The van der Waals surface area contributed by atoms with Crippen molar-refractivity contribution in [2.45, 2.75) is 26.4 Å². The van der Waals surface area contributed by atoms with Gasteiger partial charge in [0.25, 0.3) is 0 Å². The average Bonchev–Trinajstić information content (AvgIpc) is 2.52. The molecule has 0 saturated carbocycles. The first-order valence-electron chi connectivity index (χ1n) is 4.56. The second-order valence-electron chi connectivity index (χ2n) is 2.95. The first-order valence-corrected chi connectivity index (χ1v) is 5.38. The van der Waals surface area contributed by atoms with Gasteiger partial charge in [0.05, 0.1) is 6.10 Å². The zero-order chi connectivity index (χ0) is 9.68. The van der Waals surface area contributed by atoms with Crippen LogP contribution in [0.1, 0.15) is 29.2 Å². The molecule has 1 heterocycles. The highest BCUT2D eigenvalue weighted by atomic mass is 32.1. The number of rotatable bonds is 5. The number of thiophene rings is 1. The number of hydrogen-bond donors (Lipinski definition) is 1. The maximum absolute atomic E-state index is 9.69. The maximum atomic E-state index is 9.69. The quantitative estimate of drug-likeness (QED) is 0.740. The molecule has 74 valence electrons. The monoisotopic (exact) mass is 200 g/mol. The summed E-state index contributed by atoms with van der Waals surface area (Å²) in [6.07, 6.45) is 0.332. The van der Waals surface area contributed by atoms with Crippen molar-refractivity contribution in [2.24, 2.45) is 0 Å². The van der Waals surface area contributed by atoms with Gasteiger partial charge in [0, 0.05) is 29.4 Å². The van der Waals surface area contributed by atoms with Crippen molar-refractivity contribution in [1.29, 1.82) is 0 Å². The molecule has 0 spiro atoms. The molecule has 1 rings (SSSR count). The molecule has 1 atom stereocenters. The lowest BCUT2D eigenvalue weighted by molar-refractivity contribution is 0.0902. The van der Waals surface area contributed by atoms with Crippen LogP contribution in [0.5, 0.6) is 0 Å². The molecular formula is C10H16O2S. The molecule has 0 fully saturated rings. The van der Waals surface area contributed by atoms with Crippen LogP contribution in [0.2, 0.25) is 0 Å². The van der Waals surface area contributed by atoms with Gasteiger partial charge in [-0.1, -0.05) is 0 Å². The fourth-order valence-electron chi connectivity index (χ4n) is 1.11. The van der Waals surface area contributed by atoms with Gasteiger partial charge in [-0.05, 0) is 26.0 Å². The Balaban J connectivity index is 2.35. The van der Waals surface area contributed by atoms with Crippen molar-refractivity contribution >= 4 is 11.3 Å². The van der Waals surface area contributed by atoms with Gasteiger partial charge in [0.15, 0.2) is 0 Å². The Morgan fingerprint density at radius 1 is 1.54 bits per heavy atom. The normalized spacial score (nSPS) is 13.2. The van der Waals surface area contributed by atoms with E-state index in [-0.39, 0.29) is 6.10 Å². The summed E-state index contributed by atoms with van der Waals surface area (Å²) in [5.41, 5.74) is 0. The third-order valence-corrected chi connectivity index (χ3v) is 2.93. The highest BCUT2D eigenvalue weighted by Gasteiger charge is 2.08. The maximum Gasteiger partial charge on any atom is 0.0904 e. The third-order valence-electron chi connectivity index (χ3n) is 1.83. The fraction of sp³-hybridized carbons (Fsp3) is 0.600. The zero-order valence-electron chi connectivity index (χ0n) is 8.12. The summed E-state index contributed by atoms with van der Waals surface area (Å²) in [5.74, 6) is 0. The molecular weight excluding hydrogens is 184 g/mol. The Morgan fingerprint density at radius 2 is 2.31 bits per heavy atom. The molecule has 0 aliphatic heterocycles. The third kappa shape index (κ3) is 3.46. The van der Waals surface area contributed by atoms with Crippen molar-refractivity contribution in [3.05, 3.63) is 21.9 Å². The lowest BCUT2D eigenvalue weighted by atomic mass is 10.2. The Morgan fingerprint density at radius 3 is 2.85 bits per heavy atom. The predicted octanol–water partition coefficient (Wildman–Crippen LogP) is 2.52. The minimum Gasteiger partial charge on any atom is -0.387 e. The molecule has 0 saturated heterocycles. The second-order valence-corrected chi connectivity index (χ2v) is 4.27. The van der Waals surface area contributed by atoms with Gasteiger partial charge in [-0.15, -0.1) is 11.3 Å². The molecule has 0 aromatic carbocycles. The summed E-state index contributed by atoms with van der Waals surface area (Å²) in [6.45, 7) is 5.36. The van der Waals surface area contributed by atoms with E-state index in [1.807, 2.05) is 26.0 Å². The number of aliphatic hydroxyl groups is 1. The predicted molar refractivity (Wildman–Crippen MR) is 55.1 cm³/mol. The minimum absolute atomic E-state index is 0.356. The molecule has 0 amide bonds. The van der Waals surface area contributed by atoms with Crippen molar-refractivity contribution in [3.8, 4) is 0 Å². The Bertz CT molecular complexity index is 245. The van der Waals surface area contributed by atoms with Crippen LogP contribution < -0.4 is 0 Å². The Labute approximate surface area is 83.2 Å². The summed E-state index contributed by atoms with van der Waals surface area (Å²) in [7, 11) is 0. The summed E-state index contributed by atoms with van der Waals surface area (Å²) in [5, 5.41) is 9.69. The van der Waals surface area contributed by atoms with E-state index in [9.17, 15) is 5.11 Å². The van der Waals surface area contributed by atoms with E-state index in [0.29, 0.717) is 13.0 Å². The van der Waals surface area contributed by atoms with E-state index in [2.05, 4.69) is 0 Å². The van der Waals surface area contributed by atoms with Gasteiger partial charge in [-0.25, -0.2) is 0 Å². The zero-order valence-corrected chi connectivity index (χ0v) is 8.93. The Hall–Kier alpha value is -0.380. The van der Waals surface area contributed by atoms with Gasteiger partial charge in [-0.2, -0.15) is 0 Å². The molecule has 3 heteroatoms. The van der Waals surface area contributed by atoms with E-state index in [0.717, 1.165) is 11.5 Å². The molecule has 1 aromatic rings. The molecule has 1 unspecified atom stereocenters. The number of hydrogen-bond acceptors (Lipinski definition) is 3. The molecule has 1 aromatic heterocycles. The van der Waals surface area contributed by atoms with Gasteiger partial charge in [0.2, 0.25) is 0 Å². The molecule has 0 aliphatic carbocycles. The largest absolute Gasteiger partial charge is 0.387 e. The van der Waals surface area contributed by atoms with E-state index < -0.39 is 0 Å². The van der Waals surface area contributed by atoms with Crippen LogP contribution in [0.15, 0.2) is 12.1 Å². The van der Waals surface area contributed by atoms with Crippen LogP contribution in [0.4, 0.5) is 0 Å². The van der Waals surface area contributed by atoms with Crippen LogP contribution in [-0.2, 0) is 4.74 Å². The fourth-order valence-corrected chi connectivity index (χ4v) is 2.01. The number of aliphatic hydroxyl groups excluding tert-OH is 1. The number of ether oxygens (including phenoxy) is 1. The van der Waals surface area contributed by atoms with Crippen LogP contribution in [0, 0.1) is 6.92 Å². The van der Waals surface area contributed by atoms with Crippen LogP contribution in [0.25, 0.3) is 0 Å². The molecule has 1 N–H and O–H groups in total. The number of aryl methyl sites for hydroxylation is 1. The summed E-state index contributed by atoms with van der Waals surface area (Å²) in [4.78, 5) is 2.28. The van der Waals surface area contributed by atoms with Crippen LogP contribution in [-0.4, -0.2) is 18.3 Å². The first-order chi connectivity index (χ1) is 6.24. The second kappa shape index (κ2) is 5.37. The minimum atomic E-state index is -0.356. The SMILES string of the molecule is CCOCCC(O)c1ccc(C)s1. The molecule has 13 heavy (non-hydrogen) atoms. The molecule has 0 radical (unpaired) electrons. The lowest BCUT2D eigenvalue weighted by Gasteiger charge is -2.07. The van der Waals surface area contributed by atoms with Gasteiger partial charge in [0.1, 0.15) is 0 Å². The summed E-state index contributed by atoms with van der Waals surface area (Å²) < 4.78 is 5.18.